The summed E-state index contributed by atoms with van der Waals surface area (Å²) in [5, 5.41) is 0. The van der Waals surface area contributed by atoms with Crippen LogP contribution in [0.25, 0.3) is 0 Å². The van der Waals surface area contributed by atoms with E-state index in [-0.39, 0.29) is 6.42 Å². The first-order valence-electron chi connectivity index (χ1n) is 3.71. The molecule has 1 heterocycles. The molecule has 1 aliphatic heterocycles. The molecule has 1 fully saturated rings. The second kappa shape index (κ2) is 4.35. The highest BCUT2D eigenvalue weighted by atomic mass is 32.1. The lowest BCUT2D eigenvalue weighted by molar-refractivity contribution is -0.159. The van der Waals surface area contributed by atoms with E-state index in [1.54, 1.807) is 0 Å². The van der Waals surface area contributed by atoms with Crippen molar-refractivity contribution in [1.82, 2.24) is 0 Å². The van der Waals surface area contributed by atoms with E-state index in [2.05, 4.69) is 17.4 Å². The van der Waals surface area contributed by atoms with Crippen LogP contribution in [0.5, 0.6) is 0 Å². The van der Waals surface area contributed by atoms with Gasteiger partial charge in [-0.2, -0.15) is 12.6 Å². The van der Waals surface area contributed by atoms with Crippen LogP contribution >= 0.6 is 12.6 Å². The Kier molecular flexibility index (Phi) is 3.40. The van der Waals surface area contributed by atoms with E-state index in [1.165, 1.54) is 0 Å². The van der Waals surface area contributed by atoms with Crippen molar-refractivity contribution in [2.75, 3.05) is 12.4 Å². The minimum atomic E-state index is -0.683. The molecule has 5 heteroatoms. The van der Waals surface area contributed by atoms with Crippen molar-refractivity contribution in [3.63, 3.8) is 0 Å². The van der Waals surface area contributed by atoms with Crippen molar-refractivity contribution in [2.24, 2.45) is 0 Å². The number of thiol groups is 1. The summed E-state index contributed by atoms with van der Waals surface area (Å²) in [6.45, 7) is 0.345. The van der Waals surface area contributed by atoms with Gasteiger partial charge in [0, 0.05) is 12.2 Å². The normalized spacial score (nSPS) is 22.1. The monoisotopic (exact) mass is 190 g/mol. The van der Waals surface area contributed by atoms with Gasteiger partial charge >= 0.3 is 11.9 Å². The van der Waals surface area contributed by atoms with E-state index in [9.17, 15) is 9.59 Å². The molecular formula is C7H10O4S. The largest absolute Gasteiger partial charge is 0.463 e. The van der Waals surface area contributed by atoms with Gasteiger partial charge in [0.05, 0.1) is 13.0 Å². The number of cyclic esters (lactones) is 1. The van der Waals surface area contributed by atoms with Gasteiger partial charge in [0.15, 0.2) is 0 Å². The van der Waals surface area contributed by atoms with Gasteiger partial charge in [-0.25, -0.2) is 4.79 Å². The van der Waals surface area contributed by atoms with Gasteiger partial charge in [-0.3, -0.25) is 4.79 Å². The van der Waals surface area contributed by atoms with E-state index in [0.29, 0.717) is 18.8 Å². The molecule has 1 unspecified atom stereocenters. The summed E-state index contributed by atoms with van der Waals surface area (Å²) >= 11 is 3.86. The molecule has 1 atom stereocenters. The Balaban J connectivity index is 2.30. The van der Waals surface area contributed by atoms with Gasteiger partial charge in [0.1, 0.15) is 0 Å². The van der Waals surface area contributed by atoms with Crippen LogP contribution in [0, 0.1) is 0 Å². The number of esters is 2. The van der Waals surface area contributed by atoms with Crippen LogP contribution in [-0.4, -0.2) is 30.4 Å². The lowest BCUT2D eigenvalue weighted by Gasteiger charge is -2.06. The molecule has 1 saturated heterocycles. The molecule has 0 aromatic rings. The predicted octanol–water partition coefficient (Wildman–Crippen LogP) is 0.165. The molecule has 0 N–H and O–H groups in total. The fourth-order valence-corrected chi connectivity index (χ4v) is 1.08. The summed E-state index contributed by atoms with van der Waals surface area (Å²) in [5.74, 6) is -0.406. The van der Waals surface area contributed by atoms with Crippen LogP contribution in [-0.2, 0) is 19.1 Å². The summed E-state index contributed by atoms with van der Waals surface area (Å²) in [6, 6.07) is 0. The first-order chi connectivity index (χ1) is 5.74. The molecule has 0 amide bonds. The number of carbonyl (C=O) groups is 2. The van der Waals surface area contributed by atoms with Crippen molar-refractivity contribution >= 4 is 24.6 Å². The smallest absolute Gasteiger partial charge is 0.347 e. The number of hydrogen-bond acceptors (Lipinski definition) is 5. The number of ether oxygens (including phenoxy) is 2. The van der Waals surface area contributed by atoms with Crippen LogP contribution in [0.2, 0.25) is 0 Å². The molecule has 0 aromatic heterocycles. The van der Waals surface area contributed by atoms with Crippen LogP contribution in [0.4, 0.5) is 0 Å². The quantitative estimate of drug-likeness (QED) is 0.509. The topological polar surface area (TPSA) is 52.6 Å². The molecule has 1 rings (SSSR count). The zero-order valence-electron chi connectivity index (χ0n) is 6.49. The molecule has 1 aliphatic rings. The van der Waals surface area contributed by atoms with Crippen molar-refractivity contribution < 1.29 is 19.1 Å². The molecule has 12 heavy (non-hydrogen) atoms. The molecular weight excluding hydrogens is 180 g/mol. The van der Waals surface area contributed by atoms with Crippen molar-refractivity contribution in [2.45, 2.75) is 18.9 Å². The summed E-state index contributed by atoms with van der Waals surface area (Å²) in [5.41, 5.74) is 0. The first kappa shape index (κ1) is 9.38. The van der Waals surface area contributed by atoms with E-state index < -0.39 is 18.0 Å². The number of hydrogen-bond donors (Lipinski definition) is 1. The highest BCUT2D eigenvalue weighted by molar-refractivity contribution is 7.80. The first-order valence-corrected chi connectivity index (χ1v) is 4.34. The van der Waals surface area contributed by atoms with E-state index in [1.807, 2.05) is 0 Å². The molecule has 68 valence electrons. The number of rotatable bonds is 3. The van der Waals surface area contributed by atoms with Crippen molar-refractivity contribution in [3.05, 3.63) is 0 Å². The Morgan fingerprint density at radius 1 is 1.75 bits per heavy atom. The second-order valence-electron chi connectivity index (χ2n) is 2.41. The Hall–Kier alpha value is -0.710. The highest BCUT2D eigenvalue weighted by Gasteiger charge is 2.29. The summed E-state index contributed by atoms with van der Waals surface area (Å²) in [7, 11) is 0. The second-order valence-corrected chi connectivity index (χ2v) is 2.86. The third-order valence-electron chi connectivity index (χ3n) is 1.48. The summed E-state index contributed by atoms with van der Waals surface area (Å²) in [4.78, 5) is 21.7. The maximum atomic E-state index is 10.9. The highest BCUT2D eigenvalue weighted by Crippen LogP contribution is 2.10. The Labute approximate surface area is 75.6 Å². The molecule has 0 bridgehead atoms. The molecule has 0 spiro atoms. The Bertz CT molecular complexity index is 192. The van der Waals surface area contributed by atoms with Gasteiger partial charge < -0.3 is 9.47 Å². The van der Waals surface area contributed by atoms with E-state index in [0.717, 1.165) is 0 Å². The maximum Gasteiger partial charge on any atom is 0.347 e. The molecule has 0 aromatic carbocycles. The third-order valence-corrected chi connectivity index (χ3v) is 1.70. The van der Waals surface area contributed by atoms with Crippen LogP contribution in [0.1, 0.15) is 12.8 Å². The average Bonchev–Trinajstić information content (AvgIpc) is 2.37. The van der Waals surface area contributed by atoms with Crippen LogP contribution < -0.4 is 0 Å². The van der Waals surface area contributed by atoms with Gasteiger partial charge in [-0.15, -0.1) is 0 Å². The number of carbonyl (C=O) groups excluding carboxylic acids is 2. The zero-order chi connectivity index (χ0) is 8.97. The SMILES string of the molecule is O=C(CCS)OC1CCOC1=O. The van der Waals surface area contributed by atoms with E-state index in [4.69, 9.17) is 4.74 Å². The molecule has 0 aliphatic carbocycles. The van der Waals surface area contributed by atoms with Crippen LogP contribution in [0.3, 0.4) is 0 Å². The van der Waals surface area contributed by atoms with E-state index >= 15 is 0 Å². The van der Waals surface area contributed by atoms with Gasteiger partial charge in [-0.1, -0.05) is 0 Å². The minimum Gasteiger partial charge on any atom is -0.463 e. The lowest BCUT2D eigenvalue weighted by atomic mass is 10.3. The fourth-order valence-electron chi connectivity index (χ4n) is 0.893. The van der Waals surface area contributed by atoms with Gasteiger partial charge in [0.25, 0.3) is 0 Å². The van der Waals surface area contributed by atoms with Gasteiger partial charge in [-0.05, 0) is 0 Å². The standard InChI is InChI=1S/C7H10O4S/c8-6(2-4-12)11-5-1-3-10-7(5)9/h5,12H,1-4H2. The summed E-state index contributed by atoms with van der Waals surface area (Å²) in [6.07, 6.45) is 0.0155. The third kappa shape index (κ3) is 2.41. The minimum absolute atomic E-state index is 0.229. The van der Waals surface area contributed by atoms with Crippen molar-refractivity contribution in [1.29, 1.82) is 0 Å². The van der Waals surface area contributed by atoms with Crippen molar-refractivity contribution in [3.8, 4) is 0 Å². The summed E-state index contributed by atoms with van der Waals surface area (Å²) < 4.78 is 9.41. The molecule has 0 saturated carbocycles. The maximum absolute atomic E-state index is 10.9. The Morgan fingerprint density at radius 2 is 2.50 bits per heavy atom. The average molecular weight is 190 g/mol. The van der Waals surface area contributed by atoms with Gasteiger partial charge in [0.2, 0.25) is 6.10 Å². The molecule has 4 nitrogen and oxygen atoms in total. The molecule has 0 radical (unpaired) electrons. The Morgan fingerprint density at radius 3 is 3.00 bits per heavy atom. The lowest BCUT2D eigenvalue weighted by Crippen LogP contribution is -2.22. The predicted molar refractivity (Wildman–Crippen MR) is 43.9 cm³/mol. The fraction of sp³-hybridized carbons (Fsp3) is 0.714. The van der Waals surface area contributed by atoms with Crippen LogP contribution in [0.15, 0.2) is 0 Å². The zero-order valence-corrected chi connectivity index (χ0v) is 7.38.